The largest absolute Gasteiger partial charge is 0.464 e. The number of halogens is 2. The second kappa shape index (κ2) is 13.3. The molecular formula is C27H39ClFN6O8P. The molecule has 1 fully saturated rings. The minimum atomic E-state index is -4.43. The number of guanidine groups is 1. The average Bonchev–Trinajstić information content (AvgIpc) is 3.44. The summed E-state index contributed by atoms with van der Waals surface area (Å²) in [6.07, 6.45) is -4.24. The molecule has 17 heteroatoms. The fourth-order valence-corrected chi connectivity index (χ4v) is 6.19. The first-order chi connectivity index (χ1) is 20.5. The SMILES string of the molecule is CCOC1N=C(N)Nc2c1ncn2[C@@H]1O[C@H](COP(=O)(N[C@@H](C)C(=O)OCC(C)(C)C)Oc2ccccc2Cl)[C@@H](F)[C@@]1(C)O. The number of carbonyl (C=O) groups excluding carboxylic acids is 1. The van der Waals surface area contributed by atoms with Crippen molar-refractivity contribution in [3.63, 3.8) is 0 Å². The third kappa shape index (κ3) is 7.71. The van der Waals surface area contributed by atoms with Gasteiger partial charge in [0.15, 0.2) is 24.6 Å². The monoisotopic (exact) mass is 660 g/mol. The fourth-order valence-electron chi connectivity index (χ4n) is 4.45. The predicted molar refractivity (Wildman–Crippen MR) is 160 cm³/mol. The number of hydrogen-bond donors (Lipinski definition) is 4. The standard InChI is InChI=1S/C27H39ClFN6O8P/c1-7-39-22-19-21(32-25(30)33-22)35(14-31-19)24-27(6,37)20(29)18(42-24)12-41-44(38,43-17-11-9-8-10-16(17)28)34-15(2)23(36)40-13-26(3,4)5/h8-11,14-15,18,20,22,24,37H,7,12-13H2,1-6H3,(H,34,38)(H3,30,32,33)/t15-,18+,20+,22?,24+,27+,44?/m0/s1. The Labute approximate surface area is 260 Å². The van der Waals surface area contributed by atoms with E-state index in [9.17, 15) is 14.5 Å². The zero-order valence-electron chi connectivity index (χ0n) is 25.3. The molecule has 2 unspecified atom stereocenters. The molecule has 0 saturated carbocycles. The summed E-state index contributed by atoms with van der Waals surface area (Å²) >= 11 is 6.21. The zero-order valence-corrected chi connectivity index (χ0v) is 27.0. The molecule has 3 heterocycles. The Morgan fingerprint density at radius 3 is 2.75 bits per heavy atom. The maximum atomic E-state index is 15.8. The van der Waals surface area contributed by atoms with Crippen LogP contribution < -0.4 is 20.7 Å². The normalized spacial score (nSPS) is 27.1. The van der Waals surface area contributed by atoms with Gasteiger partial charge in [0.05, 0.1) is 24.6 Å². The molecule has 2 aromatic rings. The summed E-state index contributed by atoms with van der Waals surface area (Å²) in [5, 5.41) is 16.7. The third-order valence-electron chi connectivity index (χ3n) is 6.64. The number of aliphatic hydroxyl groups is 1. The van der Waals surface area contributed by atoms with E-state index in [2.05, 4.69) is 20.4 Å². The molecule has 0 aliphatic carbocycles. The molecule has 5 N–H and O–H groups in total. The Morgan fingerprint density at radius 2 is 2.09 bits per heavy atom. The molecule has 0 spiro atoms. The number of anilines is 1. The molecule has 1 aromatic carbocycles. The zero-order chi connectivity index (χ0) is 32.4. The number of benzene rings is 1. The summed E-state index contributed by atoms with van der Waals surface area (Å²) in [4.78, 5) is 21.1. The highest BCUT2D eigenvalue weighted by atomic mass is 35.5. The number of carbonyl (C=O) groups is 1. The van der Waals surface area contributed by atoms with E-state index in [0.717, 1.165) is 0 Å². The smallest absolute Gasteiger partial charge is 0.459 e. The molecule has 244 valence electrons. The number of imidazole rings is 1. The molecule has 2 aliphatic rings. The van der Waals surface area contributed by atoms with Crippen molar-refractivity contribution in [2.45, 2.75) is 77.9 Å². The van der Waals surface area contributed by atoms with Crippen molar-refractivity contribution in [3.8, 4) is 5.75 Å². The highest BCUT2D eigenvalue weighted by Gasteiger charge is 2.56. The van der Waals surface area contributed by atoms with Crippen molar-refractivity contribution in [2.75, 3.05) is 25.1 Å². The summed E-state index contributed by atoms with van der Waals surface area (Å²) in [6, 6.07) is 5.05. The van der Waals surface area contributed by atoms with Crippen LogP contribution in [0, 0.1) is 5.41 Å². The number of para-hydroxylation sites is 1. The van der Waals surface area contributed by atoms with Gasteiger partial charge in [-0.25, -0.2) is 18.9 Å². The molecule has 2 aliphatic heterocycles. The minimum absolute atomic E-state index is 0.00602. The summed E-state index contributed by atoms with van der Waals surface area (Å²) in [5.74, 6) is -0.382. The lowest BCUT2D eigenvalue weighted by Gasteiger charge is -2.28. The average molecular weight is 661 g/mol. The van der Waals surface area contributed by atoms with Gasteiger partial charge in [-0.3, -0.25) is 13.9 Å². The van der Waals surface area contributed by atoms with Crippen molar-refractivity contribution in [1.82, 2.24) is 14.6 Å². The number of nitrogens with two attached hydrogens (primary N) is 1. The summed E-state index contributed by atoms with van der Waals surface area (Å²) in [7, 11) is -4.43. The number of esters is 1. The van der Waals surface area contributed by atoms with Gasteiger partial charge >= 0.3 is 13.7 Å². The van der Waals surface area contributed by atoms with Crippen LogP contribution in [0.3, 0.4) is 0 Å². The van der Waals surface area contributed by atoms with Crippen molar-refractivity contribution in [3.05, 3.63) is 41.3 Å². The van der Waals surface area contributed by atoms with Gasteiger partial charge in [-0.2, -0.15) is 5.09 Å². The molecule has 44 heavy (non-hydrogen) atoms. The topological polar surface area (TPSA) is 181 Å². The maximum Gasteiger partial charge on any atom is 0.459 e. The van der Waals surface area contributed by atoms with E-state index >= 15 is 4.39 Å². The number of alkyl halides is 1. The number of nitrogens with one attached hydrogen (secondary N) is 2. The molecule has 1 aromatic heterocycles. The number of ether oxygens (including phenoxy) is 3. The first kappa shape index (κ1) is 34.1. The second-order valence-electron chi connectivity index (χ2n) is 11.8. The van der Waals surface area contributed by atoms with Gasteiger partial charge in [0, 0.05) is 6.61 Å². The number of aliphatic imine (C=N–C) groups is 1. The van der Waals surface area contributed by atoms with Crippen molar-refractivity contribution < 1.29 is 42.1 Å². The Hall–Kier alpha value is -2.78. The van der Waals surface area contributed by atoms with E-state index in [0.29, 0.717) is 18.1 Å². The van der Waals surface area contributed by atoms with Gasteiger partial charge in [0.25, 0.3) is 0 Å². The van der Waals surface area contributed by atoms with Gasteiger partial charge in [0.2, 0.25) is 0 Å². The summed E-state index contributed by atoms with van der Waals surface area (Å²) in [6.45, 7) is 9.91. The Kier molecular flexibility index (Phi) is 10.3. The van der Waals surface area contributed by atoms with Gasteiger partial charge in [-0.1, -0.05) is 44.5 Å². The second-order valence-corrected chi connectivity index (χ2v) is 13.9. The van der Waals surface area contributed by atoms with Crippen LogP contribution in [-0.2, 0) is 28.1 Å². The Morgan fingerprint density at radius 1 is 1.39 bits per heavy atom. The maximum absolute atomic E-state index is 15.8. The van der Waals surface area contributed by atoms with Crippen LogP contribution >= 0.6 is 19.3 Å². The first-order valence-corrected chi connectivity index (χ1v) is 15.9. The molecule has 0 radical (unpaired) electrons. The fraction of sp³-hybridized carbons (Fsp3) is 0.593. The van der Waals surface area contributed by atoms with E-state index in [1.165, 1.54) is 36.9 Å². The van der Waals surface area contributed by atoms with Gasteiger partial charge in [-0.15, -0.1) is 0 Å². The Balaban J connectivity index is 1.53. The lowest BCUT2D eigenvalue weighted by molar-refractivity contribution is -0.148. The van der Waals surface area contributed by atoms with Gasteiger partial charge < -0.3 is 34.9 Å². The quantitative estimate of drug-likeness (QED) is 0.190. The van der Waals surface area contributed by atoms with E-state index in [1.807, 2.05) is 20.8 Å². The highest BCUT2D eigenvalue weighted by Crippen LogP contribution is 2.49. The van der Waals surface area contributed by atoms with Crippen LogP contribution in [-0.4, -0.2) is 70.3 Å². The number of rotatable bonds is 12. The molecular weight excluding hydrogens is 622 g/mol. The Bertz CT molecular complexity index is 1420. The van der Waals surface area contributed by atoms with Crippen LogP contribution in [0.15, 0.2) is 35.6 Å². The van der Waals surface area contributed by atoms with E-state index < -0.39 is 56.7 Å². The summed E-state index contributed by atoms with van der Waals surface area (Å²) < 4.78 is 59.2. The molecule has 4 rings (SSSR count). The molecule has 7 atom stereocenters. The van der Waals surface area contributed by atoms with E-state index in [-0.39, 0.29) is 28.8 Å². The van der Waals surface area contributed by atoms with Crippen molar-refractivity contribution in [2.24, 2.45) is 16.1 Å². The first-order valence-electron chi connectivity index (χ1n) is 14.0. The third-order valence-corrected chi connectivity index (χ3v) is 8.58. The van der Waals surface area contributed by atoms with Gasteiger partial charge in [0.1, 0.15) is 35.0 Å². The summed E-state index contributed by atoms with van der Waals surface area (Å²) in [5.41, 5.74) is 3.88. The molecule has 14 nitrogen and oxygen atoms in total. The highest BCUT2D eigenvalue weighted by molar-refractivity contribution is 7.52. The van der Waals surface area contributed by atoms with Crippen molar-refractivity contribution >= 4 is 37.1 Å². The van der Waals surface area contributed by atoms with Crippen molar-refractivity contribution in [1.29, 1.82) is 0 Å². The molecule has 1 saturated heterocycles. The lowest BCUT2D eigenvalue weighted by atomic mass is 9.98. The number of fused-ring (bicyclic) bond motifs is 1. The van der Waals surface area contributed by atoms with Crippen LogP contribution in [0.5, 0.6) is 5.75 Å². The molecule has 0 bridgehead atoms. The van der Waals surface area contributed by atoms with Crippen LogP contribution in [0.1, 0.15) is 59.7 Å². The number of hydrogen-bond acceptors (Lipinski definition) is 12. The molecule has 0 amide bonds. The predicted octanol–water partition coefficient (Wildman–Crippen LogP) is 4.07. The van der Waals surface area contributed by atoms with Gasteiger partial charge in [-0.05, 0) is 38.3 Å². The van der Waals surface area contributed by atoms with E-state index in [4.69, 9.17) is 40.6 Å². The number of aromatic nitrogens is 2. The van der Waals surface area contributed by atoms with Crippen LogP contribution in [0.2, 0.25) is 5.02 Å². The van der Waals surface area contributed by atoms with E-state index in [1.54, 1.807) is 19.1 Å². The lowest BCUT2D eigenvalue weighted by Crippen LogP contribution is -2.42. The minimum Gasteiger partial charge on any atom is -0.464 e. The number of nitrogens with zero attached hydrogens (tertiary/aromatic N) is 3. The van der Waals surface area contributed by atoms with Crippen LogP contribution in [0.25, 0.3) is 0 Å². The van der Waals surface area contributed by atoms with Crippen LogP contribution in [0.4, 0.5) is 10.2 Å².